The average Bonchev–Trinajstić information content (AvgIpc) is 2.78. The molecule has 0 atom stereocenters. The monoisotopic (exact) mass is 249 g/mol. The van der Waals surface area contributed by atoms with E-state index in [4.69, 9.17) is 14.4 Å². The summed E-state index contributed by atoms with van der Waals surface area (Å²) >= 11 is 0. The molecule has 0 bridgehead atoms. The summed E-state index contributed by atoms with van der Waals surface area (Å²) < 4.78 is 9.81. The Morgan fingerprint density at radius 3 is 3.11 bits per heavy atom. The minimum atomic E-state index is -1.04. The third-order valence-corrected chi connectivity index (χ3v) is 2.18. The summed E-state index contributed by atoms with van der Waals surface area (Å²) in [5.41, 5.74) is 1.74. The van der Waals surface area contributed by atoms with Gasteiger partial charge in [0.05, 0.1) is 0 Å². The number of aliphatic carboxylic acids is 1. The van der Waals surface area contributed by atoms with Crippen LogP contribution in [0.5, 0.6) is 0 Å². The Morgan fingerprint density at radius 2 is 2.39 bits per heavy atom. The van der Waals surface area contributed by atoms with Crippen LogP contribution in [-0.4, -0.2) is 32.8 Å². The molecular weight excluding hydrogens is 238 g/mol. The highest BCUT2D eigenvalue weighted by molar-refractivity contribution is 5.68. The van der Waals surface area contributed by atoms with Crippen LogP contribution in [0.15, 0.2) is 23.0 Å². The van der Waals surface area contributed by atoms with E-state index in [-0.39, 0.29) is 12.5 Å². The Hall–Kier alpha value is -2.28. The lowest BCUT2D eigenvalue weighted by molar-refractivity contribution is -0.142. The lowest BCUT2D eigenvalue weighted by atomic mass is 10.1. The fraction of sp³-hybridized carbons (Fsp3) is 0.273. The van der Waals surface area contributed by atoms with Crippen molar-refractivity contribution in [3.63, 3.8) is 0 Å². The van der Waals surface area contributed by atoms with Gasteiger partial charge >= 0.3 is 5.97 Å². The van der Waals surface area contributed by atoms with Crippen molar-refractivity contribution in [2.75, 3.05) is 6.61 Å². The predicted octanol–water partition coefficient (Wildman–Crippen LogP) is 1.04. The maximum Gasteiger partial charge on any atom is 0.329 e. The van der Waals surface area contributed by atoms with Crippen LogP contribution in [0.3, 0.4) is 0 Å². The standard InChI is InChI=1S/C11H11N3O4/c1-7-4-12-3-2-8(7)11-13-9(18-14-11)5-17-6-10(15)16/h2-4H,5-6H2,1H3,(H,15,16). The summed E-state index contributed by atoms with van der Waals surface area (Å²) in [6.45, 7) is 1.47. The van der Waals surface area contributed by atoms with Gasteiger partial charge in [0.1, 0.15) is 13.2 Å². The molecular formula is C11H11N3O4. The second-order valence-corrected chi connectivity index (χ2v) is 3.59. The molecule has 7 nitrogen and oxygen atoms in total. The van der Waals surface area contributed by atoms with E-state index in [1.807, 2.05) is 6.92 Å². The number of aromatic nitrogens is 3. The number of carbonyl (C=O) groups is 1. The maximum absolute atomic E-state index is 10.3. The van der Waals surface area contributed by atoms with Crippen LogP contribution in [-0.2, 0) is 16.1 Å². The molecule has 2 rings (SSSR count). The summed E-state index contributed by atoms with van der Waals surface area (Å²) in [5, 5.41) is 12.2. The molecule has 0 aromatic carbocycles. The topological polar surface area (TPSA) is 98.3 Å². The van der Waals surface area contributed by atoms with Crippen molar-refractivity contribution in [2.24, 2.45) is 0 Å². The van der Waals surface area contributed by atoms with Crippen molar-refractivity contribution < 1.29 is 19.2 Å². The molecule has 2 aromatic heterocycles. The highest BCUT2D eigenvalue weighted by Crippen LogP contribution is 2.18. The fourth-order valence-electron chi connectivity index (χ4n) is 1.37. The normalized spacial score (nSPS) is 10.5. The molecule has 0 fully saturated rings. The summed E-state index contributed by atoms with van der Waals surface area (Å²) in [4.78, 5) is 18.3. The highest BCUT2D eigenvalue weighted by atomic mass is 16.5. The summed E-state index contributed by atoms with van der Waals surface area (Å²) in [5.74, 6) is -0.369. The molecule has 0 amide bonds. The minimum absolute atomic E-state index is 0.0244. The molecule has 0 saturated heterocycles. The lowest BCUT2D eigenvalue weighted by Crippen LogP contribution is -2.06. The van der Waals surface area contributed by atoms with Gasteiger partial charge in [-0.15, -0.1) is 0 Å². The van der Waals surface area contributed by atoms with Gasteiger partial charge in [0.25, 0.3) is 5.89 Å². The zero-order valence-corrected chi connectivity index (χ0v) is 9.66. The molecule has 1 N–H and O–H groups in total. The SMILES string of the molecule is Cc1cnccc1-c1noc(COCC(=O)O)n1. The summed E-state index contributed by atoms with van der Waals surface area (Å²) in [6, 6.07) is 1.78. The number of carboxylic acids is 1. The Balaban J connectivity index is 2.06. The molecule has 94 valence electrons. The minimum Gasteiger partial charge on any atom is -0.480 e. The Morgan fingerprint density at radius 1 is 1.56 bits per heavy atom. The van der Waals surface area contributed by atoms with E-state index in [0.29, 0.717) is 5.82 Å². The molecule has 2 heterocycles. The number of nitrogens with zero attached hydrogens (tertiary/aromatic N) is 3. The third-order valence-electron chi connectivity index (χ3n) is 2.18. The van der Waals surface area contributed by atoms with Crippen LogP contribution in [0.2, 0.25) is 0 Å². The van der Waals surface area contributed by atoms with E-state index in [9.17, 15) is 4.79 Å². The lowest BCUT2D eigenvalue weighted by Gasteiger charge is -1.97. The third kappa shape index (κ3) is 2.89. The molecule has 7 heteroatoms. The Bertz CT molecular complexity index is 553. The van der Waals surface area contributed by atoms with Gasteiger partial charge in [0, 0.05) is 18.0 Å². The van der Waals surface area contributed by atoms with E-state index < -0.39 is 12.6 Å². The van der Waals surface area contributed by atoms with Crippen LogP contribution < -0.4 is 0 Å². The van der Waals surface area contributed by atoms with Crippen LogP contribution in [0.4, 0.5) is 0 Å². The van der Waals surface area contributed by atoms with Gasteiger partial charge in [-0.25, -0.2) is 4.79 Å². The van der Waals surface area contributed by atoms with Gasteiger partial charge < -0.3 is 14.4 Å². The van der Waals surface area contributed by atoms with Gasteiger partial charge in [-0.05, 0) is 18.6 Å². The second kappa shape index (κ2) is 5.37. The van der Waals surface area contributed by atoms with E-state index in [1.54, 1.807) is 18.5 Å². The van der Waals surface area contributed by atoms with Crippen molar-refractivity contribution >= 4 is 5.97 Å². The zero-order valence-electron chi connectivity index (χ0n) is 9.66. The summed E-state index contributed by atoms with van der Waals surface area (Å²) in [6.07, 6.45) is 3.34. The first-order chi connectivity index (χ1) is 8.66. The largest absolute Gasteiger partial charge is 0.480 e. The van der Waals surface area contributed by atoms with Crippen LogP contribution in [0.1, 0.15) is 11.5 Å². The van der Waals surface area contributed by atoms with E-state index in [0.717, 1.165) is 11.1 Å². The van der Waals surface area contributed by atoms with Gasteiger partial charge in [-0.2, -0.15) is 4.98 Å². The first-order valence-electron chi connectivity index (χ1n) is 5.20. The van der Waals surface area contributed by atoms with Crippen LogP contribution in [0.25, 0.3) is 11.4 Å². The number of pyridine rings is 1. The van der Waals surface area contributed by atoms with Crippen molar-refractivity contribution in [2.45, 2.75) is 13.5 Å². The van der Waals surface area contributed by atoms with Crippen molar-refractivity contribution in [1.82, 2.24) is 15.1 Å². The van der Waals surface area contributed by atoms with Gasteiger partial charge in [0.2, 0.25) is 5.82 Å². The molecule has 0 aliphatic heterocycles. The fourth-order valence-corrected chi connectivity index (χ4v) is 1.37. The second-order valence-electron chi connectivity index (χ2n) is 3.59. The molecule has 0 radical (unpaired) electrons. The van der Waals surface area contributed by atoms with Crippen molar-refractivity contribution in [3.8, 4) is 11.4 Å². The van der Waals surface area contributed by atoms with Crippen LogP contribution >= 0.6 is 0 Å². The van der Waals surface area contributed by atoms with E-state index >= 15 is 0 Å². The number of ether oxygens (including phenoxy) is 1. The smallest absolute Gasteiger partial charge is 0.329 e. The summed E-state index contributed by atoms with van der Waals surface area (Å²) in [7, 11) is 0. The molecule has 18 heavy (non-hydrogen) atoms. The molecule has 0 aliphatic carbocycles. The van der Waals surface area contributed by atoms with Gasteiger partial charge in [-0.3, -0.25) is 4.98 Å². The maximum atomic E-state index is 10.3. The first-order valence-corrected chi connectivity index (χ1v) is 5.20. The quantitative estimate of drug-likeness (QED) is 0.845. The predicted molar refractivity (Wildman–Crippen MR) is 59.6 cm³/mol. The molecule has 0 aliphatic rings. The van der Waals surface area contributed by atoms with E-state index in [1.165, 1.54) is 0 Å². The van der Waals surface area contributed by atoms with Crippen molar-refractivity contribution in [3.05, 3.63) is 29.9 Å². The molecule has 0 spiro atoms. The number of aryl methyl sites for hydroxylation is 1. The molecule has 0 unspecified atom stereocenters. The van der Waals surface area contributed by atoms with Gasteiger partial charge in [-0.1, -0.05) is 5.16 Å². The highest BCUT2D eigenvalue weighted by Gasteiger charge is 2.11. The number of rotatable bonds is 5. The number of carboxylic acid groups (broad SMARTS) is 1. The Kier molecular flexibility index (Phi) is 3.63. The average molecular weight is 249 g/mol. The van der Waals surface area contributed by atoms with E-state index in [2.05, 4.69) is 15.1 Å². The van der Waals surface area contributed by atoms with Gasteiger partial charge in [0.15, 0.2) is 0 Å². The zero-order chi connectivity index (χ0) is 13.0. The number of hydrogen-bond acceptors (Lipinski definition) is 6. The first kappa shape index (κ1) is 12.2. The van der Waals surface area contributed by atoms with Crippen molar-refractivity contribution in [1.29, 1.82) is 0 Å². The number of hydrogen-bond donors (Lipinski definition) is 1. The molecule has 2 aromatic rings. The Labute approximate surface area is 102 Å². The van der Waals surface area contributed by atoms with Crippen LogP contribution in [0, 0.1) is 6.92 Å². The molecule has 0 saturated carbocycles.